The second kappa shape index (κ2) is 10.6. The summed E-state index contributed by atoms with van der Waals surface area (Å²) in [6.45, 7) is 2.29. The molecular weight excluding hydrogens is 441 g/mol. The topological polar surface area (TPSA) is 77.1 Å². The molecule has 0 saturated heterocycles. The molecule has 0 aromatic heterocycles. The minimum atomic E-state index is -4.54. The number of para-hydroxylation sites is 1. The van der Waals surface area contributed by atoms with Gasteiger partial charge in [-0.2, -0.15) is 13.2 Å². The average molecular weight is 469 g/mol. The molecule has 5 nitrogen and oxygen atoms in total. The number of aliphatic hydroxyl groups excluding tert-OH is 1. The van der Waals surface area contributed by atoms with E-state index < -0.39 is 17.3 Å². The zero-order valence-electron chi connectivity index (χ0n) is 17.8. The van der Waals surface area contributed by atoms with Crippen LogP contribution in [0.5, 0.6) is 11.5 Å². The summed E-state index contributed by atoms with van der Waals surface area (Å²) in [5.74, 6) is 0.572. The molecule has 0 aliphatic carbocycles. The van der Waals surface area contributed by atoms with Gasteiger partial charge in [-0.3, -0.25) is 4.99 Å². The van der Waals surface area contributed by atoms with Crippen molar-refractivity contribution in [3.05, 3.63) is 59.7 Å². The van der Waals surface area contributed by atoms with E-state index in [1.807, 2.05) is 30.3 Å². The van der Waals surface area contributed by atoms with E-state index in [1.165, 1.54) is 17.8 Å². The first-order chi connectivity index (χ1) is 15.2. The molecule has 1 unspecified atom stereocenters. The van der Waals surface area contributed by atoms with Gasteiger partial charge in [0.1, 0.15) is 11.5 Å². The van der Waals surface area contributed by atoms with E-state index in [0.29, 0.717) is 36.6 Å². The Balaban J connectivity index is 1.56. The molecule has 0 amide bonds. The van der Waals surface area contributed by atoms with Crippen molar-refractivity contribution in [3.63, 3.8) is 0 Å². The van der Waals surface area contributed by atoms with Crippen molar-refractivity contribution >= 4 is 16.8 Å². The Morgan fingerprint density at radius 1 is 1.09 bits per heavy atom. The maximum Gasteiger partial charge on any atom is 0.419 e. The first-order valence-electron chi connectivity index (χ1n) is 10.3. The molecule has 0 radical (unpaired) electrons. The average Bonchev–Trinajstić information content (AvgIpc) is 3.27. The van der Waals surface area contributed by atoms with Crippen LogP contribution in [0.3, 0.4) is 0 Å². The third-order valence-electron chi connectivity index (χ3n) is 4.96. The van der Waals surface area contributed by atoms with Gasteiger partial charge in [0.15, 0.2) is 0 Å². The standard InChI is InChI=1S/C23H27F3N2O3S/c1-22(27,15-29)21-28-14-20(32-21)16-9-10-19(18(13-16)23(24,25)26)31-12-6-5-11-30-17-7-3-2-4-8-17/h2-4,7-10,13,20,29H,5-6,11-12,14-15,27H2,1H3/t20?,22-/m0/s1. The largest absolute Gasteiger partial charge is 0.494 e. The number of nitrogens with zero attached hydrogens (tertiary/aromatic N) is 1. The molecule has 2 atom stereocenters. The number of hydrogen-bond donors (Lipinski definition) is 2. The van der Waals surface area contributed by atoms with Crippen molar-refractivity contribution in [1.82, 2.24) is 0 Å². The van der Waals surface area contributed by atoms with Crippen LogP contribution < -0.4 is 15.2 Å². The first kappa shape index (κ1) is 24.4. The molecule has 0 spiro atoms. The van der Waals surface area contributed by atoms with Gasteiger partial charge in [-0.1, -0.05) is 36.0 Å². The lowest BCUT2D eigenvalue weighted by molar-refractivity contribution is -0.139. The maximum atomic E-state index is 13.7. The Labute approximate surface area is 189 Å². The fourth-order valence-corrected chi connectivity index (χ4v) is 4.30. The second-order valence-corrected chi connectivity index (χ2v) is 8.99. The Kier molecular flexibility index (Phi) is 8.08. The van der Waals surface area contributed by atoms with Crippen molar-refractivity contribution in [3.8, 4) is 11.5 Å². The molecule has 2 aromatic carbocycles. The summed E-state index contributed by atoms with van der Waals surface area (Å²) >= 11 is 1.29. The maximum absolute atomic E-state index is 13.7. The molecule has 0 saturated carbocycles. The Morgan fingerprint density at radius 3 is 2.44 bits per heavy atom. The molecule has 1 aliphatic heterocycles. The minimum absolute atomic E-state index is 0.161. The highest BCUT2D eigenvalue weighted by Gasteiger charge is 2.37. The fraction of sp³-hybridized carbons (Fsp3) is 0.435. The quantitative estimate of drug-likeness (QED) is 0.488. The number of ether oxygens (including phenoxy) is 2. The summed E-state index contributed by atoms with van der Waals surface area (Å²) in [5, 5.41) is 9.65. The number of unbranched alkanes of at least 4 members (excludes halogenated alkanes) is 1. The number of rotatable bonds is 10. The van der Waals surface area contributed by atoms with Gasteiger partial charge in [0.25, 0.3) is 0 Å². The first-order valence-corrected chi connectivity index (χ1v) is 11.2. The number of hydrogen-bond acceptors (Lipinski definition) is 6. The van der Waals surface area contributed by atoms with Gasteiger partial charge < -0.3 is 20.3 Å². The summed E-state index contributed by atoms with van der Waals surface area (Å²) in [4.78, 5) is 4.32. The lowest BCUT2D eigenvalue weighted by Gasteiger charge is -2.22. The zero-order valence-corrected chi connectivity index (χ0v) is 18.6. The highest BCUT2D eigenvalue weighted by molar-refractivity contribution is 8.14. The third kappa shape index (κ3) is 6.40. The molecule has 32 heavy (non-hydrogen) atoms. The lowest BCUT2D eigenvalue weighted by Crippen LogP contribution is -2.46. The van der Waals surface area contributed by atoms with Gasteiger partial charge in [-0.15, -0.1) is 0 Å². The van der Waals surface area contributed by atoms with Gasteiger partial charge in [-0.05, 0) is 49.6 Å². The number of aliphatic hydroxyl groups is 1. The van der Waals surface area contributed by atoms with Crippen molar-refractivity contribution in [2.75, 3.05) is 26.4 Å². The summed E-state index contributed by atoms with van der Waals surface area (Å²) in [6.07, 6.45) is -3.31. The number of nitrogens with two attached hydrogens (primary N) is 1. The van der Waals surface area contributed by atoms with E-state index in [1.54, 1.807) is 13.0 Å². The lowest BCUT2D eigenvalue weighted by atomic mass is 10.1. The second-order valence-electron chi connectivity index (χ2n) is 7.80. The van der Waals surface area contributed by atoms with Crippen LogP contribution >= 0.6 is 11.8 Å². The van der Waals surface area contributed by atoms with E-state index in [2.05, 4.69) is 4.99 Å². The molecule has 174 valence electrons. The monoisotopic (exact) mass is 468 g/mol. The van der Waals surface area contributed by atoms with Gasteiger partial charge in [0.05, 0.1) is 47.8 Å². The minimum Gasteiger partial charge on any atom is -0.494 e. The van der Waals surface area contributed by atoms with Gasteiger partial charge in [0, 0.05) is 0 Å². The van der Waals surface area contributed by atoms with Crippen LogP contribution in [-0.2, 0) is 6.18 Å². The predicted octanol–water partition coefficient (Wildman–Crippen LogP) is 4.84. The molecule has 0 bridgehead atoms. The van der Waals surface area contributed by atoms with E-state index >= 15 is 0 Å². The predicted molar refractivity (Wildman–Crippen MR) is 120 cm³/mol. The molecule has 3 rings (SSSR count). The molecule has 1 aliphatic rings. The van der Waals surface area contributed by atoms with Crippen molar-refractivity contribution < 1.29 is 27.8 Å². The smallest absolute Gasteiger partial charge is 0.419 e. The number of benzene rings is 2. The summed E-state index contributed by atoms with van der Waals surface area (Å²) in [7, 11) is 0. The van der Waals surface area contributed by atoms with Crippen molar-refractivity contribution in [2.45, 2.75) is 36.7 Å². The Morgan fingerprint density at radius 2 is 1.78 bits per heavy atom. The Bertz CT molecular complexity index is 920. The van der Waals surface area contributed by atoms with Gasteiger partial charge in [0.2, 0.25) is 0 Å². The summed E-state index contributed by atoms with van der Waals surface area (Å²) in [6, 6.07) is 13.5. The fourth-order valence-electron chi connectivity index (χ4n) is 3.12. The molecule has 3 N–H and O–H groups in total. The summed E-state index contributed by atoms with van der Waals surface area (Å²) < 4.78 is 52.0. The molecule has 2 aromatic rings. The van der Waals surface area contributed by atoms with E-state index in [0.717, 1.165) is 11.8 Å². The zero-order chi connectivity index (χ0) is 23.2. The van der Waals surface area contributed by atoms with Crippen LogP contribution in [-0.4, -0.2) is 42.1 Å². The molecular formula is C23H27F3N2O3S. The van der Waals surface area contributed by atoms with Crippen LogP contribution in [0.1, 0.15) is 36.1 Å². The van der Waals surface area contributed by atoms with Crippen LogP contribution in [0.4, 0.5) is 13.2 Å². The summed E-state index contributed by atoms with van der Waals surface area (Å²) in [5.41, 5.74) is 4.69. The number of halogens is 3. The van der Waals surface area contributed by atoms with Crippen molar-refractivity contribution in [2.24, 2.45) is 10.7 Å². The molecule has 0 fully saturated rings. The van der Waals surface area contributed by atoms with Crippen molar-refractivity contribution in [1.29, 1.82) is 0 Å². The number of alkyl halides is 3. The van der Waals surface area contributed by atoms with Gasteiger partial charge in [-0.25, -0.2) is 0 Å². The van der Waals surface area contributed by atoms with Crippen LogP contribution in [0.2, 0.25) is 0 Å². The number of aliphatic imine (C=N–C) groups is 1. The normalized spacial score (nSPS) is 18.2. The molecule has 9 heteroatoms. The van der Waals surface area contributed by atoms with E-state index in [-0.39, 0.29) is 24.2 Å². The van der Waals surface area contributed by atoms with Crippen LogP contribution in [0.25, 0.3) is 0 Å². The Hall–Kier alpha value is -2.23. The van der Waals surface area contributed by atoms with Crippen LogP contribution in [0.15, 0.2) is 53.5 Å². The van der Waals surface area contributed by atoms with E-state index in [9.17, 15) is 18.3 Å². The van der Waals surface area contributed by atoms with Gasteiger partial charge >= 0.3 is 6.18 Å². The SMILES string of the molecule is C[C@](N)(CO)C1=NCC(c2ccc(OCCCCOc3ccccc3)c(C(F)(F)F)c2)S1. The van der Waals surface area contributed by atoms with E-state index in [4.69, 9.17) is 15.2 Å². The number of thioether (sulfide) groups is 1. The highest BCUT2D eigenvalue weighted by Crippen LogP contribution is 2.43. The third-order valence-corrected chi connectivity index (χ3v) is 6.49. The highest BCUT2D eigenvalue weighted by atomic mass is 32.2. The molecule has 1 heterocycles. The van der Waals surface area contributed by atoms with Crippen LogP contribution in [0, 0.1) is 0 Å².